The van der Waals surface area contributed by atoms with Gasteiger partial charge in [0.2, 0.25) is 0 Å². The topological polar surface area (TPSA) is 85.6 Å². The molecule has 1 aromatic rings. The predicted octanol–water partition coefficient (Wildman–Crippen LogP) is 0.682. The van der Waals surface area contributed by atoms with Crippen molar-refractivity contribution in [2.24, 2.45) is 5.73 Å². The molecule has 1 aromatic carbocycles. The number of rotatable bonds is 4. The summed E-state index contributed by atoms with van der Waals surface area (Å²) >= 11 is 0. The number of ether oxygens (including phenoxy) is 2. The summed E-state index contributed by atoms with van der Waals surface area (Å²) in [5, 5.41) is 5.50. The lowest BCUT2D eigenvalue weighted by Gasteiger charge is -2.23. The van der Waals surface area contributed by atoms with Crippen molar-refractivity contribution in [2.75, 3.05) is 31.7 Å². The van der Waals surface area contributed by atoms with Crippen LogP contribution in [0.4, 0.5) is 10.5 Å². The molecule has 0 radical (unpaired) electrons. The van der Waals surface area contributed by atoms with Gasteiger partial charge in [-0.3, -0.25) is 0 Å². The van der Waals surface area contributed by atoms with Gasteiger partial charge in [-0.2, -0.15) is 0 Å². The Hall–Kier alpha value is -1.63. The Morgan fingerprint density at radius 2 is 2.11 bits per heavy atom. The van der Waals surface area contributed by atoms with Crippen LogP contribution >= 0.6 is 0 Å². The lowest BCUT2D eigenvalue weighted by molar-refractivity contribution is -0.0852. The van der Waals surface area contributed by atoms with E-state index in [-0.39, 0.29) is 12.1 Å². The van der Waals surface area contributed by atoms with Crippen LogP contribution in [0, 0.1) is 0 Å². The molecule has 0 saturated carbocycles. The van der Waals surface area contributed by atoms with Crippen molar-refractivity contribution in [3.8, 4) is 0 Å². The molecule has 2 amide bonds. The van der Waals surface area contributed by atoms with Crippen molar-refractivity contribution in [3.63, 3.8) is 0 Å². The second-order valence-corrected chi connectivity index (χ2v) is 4.30. The number of hydrogen-bond acceptors (Lipinski definition) is 4. The van der Waals surface area contributed by atoms with E-state index in [9.17, 15) is 4.79 Å². The van der Waals surface area contributed by atoms with E-state index in [2.05, 4.69) is 10.6 Å². The van der Waals surface area contributed by atoms with Crippen molar-refractivity contribution in [1.82, 2.24) is 5.32 Å². The number of nitrogens with one attached hydrogen (secondary N) is 2. The SMILES string of the molecule is NCc1ccc(NC(=O)NCC2COCCO2)cc1. The van der Waals surface area contributed by atoms with Crippen molar-refractivity contribution >= 4 is 11.7 Å². The molecular weight excluding hydrogens is 246 g/mol. The average Bonchev–Trinajstić information content (AvgIpc) is 2.47. The number of hydrogen-bond donors (Lipinski definition) is 3. The minimum absolute atomic E-state index is 0.0703. The Bertz CT molecular complexity index is 402. The smallest absolute Gasteiger partial charge is 0.319 e. The Morgan fingerprint density at radius 3 is 2.74 bits per heavy atom. The van der Waals surface area contributed by atoms with E-state index < -0.39 is 0 Å². The van der Waals surface area contributed by atoms with Crippen LogP contribution in [0.1, 0.15) is 5.56 Å². The first kappa shape index (κ1) is 13.8. The minimum atomic E-state index is -0.255. The van der Waals surface area contributed by atoms with Crippen LogP contribution in [0.2, 0.25) is 0 Å². The fraction of sp³-hybridized carbons (Fsp3) is 0.462. The van der Waals surface area contributed by atoms with Crippen LogP contribution in [-0.4, -0.2) is 38.5 Å². The monoisotopic (exact) mass is 265 g/mol. The zero-order chi connectivity index (χ0) is 13.5. The molecule has 6 heteroatoms. The van der Waals surface area contributed by atoms with E-state index in [4.69, 9.17) is 15.2 Å². The summed E-state index contributed by atoms with van der Waals surface area (Å²) in [4.78, 5) is 11.7. The summed E-state index contributed by atoms with van der Waals surface area (Å²) in [6.07, 6.45) is -0.0703. The van der Waals surface area contributed by atoms with Gasteiger partial charge in [0.25, 0.3) is 0 Å². The maximum atomic E-state index is 11.7. The van der Waals surface area contributed by atoms with E-state index in [0.717, 1.165) is 11.3 Å². The highest BCUT2D eigenvalue weighted by molar-refractivity contribution is 5.89. The van der Waals surface area contributed by atoms with Crippen molar-refractivity contribution in [1.29, 1.82) is 0 Å². The van der Waals surface area contributed by atoms with Gasteiger partial charge in [-0.05, 0) is 17.7 Å². The second-order valence-electron chi connectivity index (χ2n) is 4.30. The van der Waals surface area contributed by atoms with Crippen molar-refractivity contribution < 1.29 is 14.3 Å². The third-order valence-corrected chi connectivity index (χ3v) is 2.82. The van der Waals surface area contributed by atoms with Gasteiger partial charge in [0.05, 0.1) is 25.9 Å². The number of carbonyl (C=O) groups is 1. The van der Waals surface area contributed by atoms with E-state index in [1.54, 1.807) is 0 Å². The molecule has 1 unspecified atom stereocenters. The summed E-state index contributed by atoms with van der Waals surface area (Å²) in [6, 6.07) is 7.15. The van der Waals surface area contributed by atoms with Crippen LogP contribution in [0.3, 0.4) is 0 Å². The molecule has 0 spiro atoms. The first-order valence-corrected chi connectivity index (χ1v) is 6.31. The zero-order valence-corrected chi connectivity index (χ0v) is 10.7. The molecule has 1 aliphatic heterocycles. The molecule has 0 aliphatic carbocycles. The highest BCUT2D eigenvalue weighted by Gasteiger charge is 2.14. The molecule has 0 bridgehead atoms. The van der Waals surface area contributed by atoms with E-state index >= 15 is 0 Å². The van der Waals surface area contributed by atoms with Crippen LogP contribution in [0.25, 0.3) is 0 Å². The summed E-state index contributed by atoms with van der Waals surface area (Å²) < 4.78 is 10.7. The molecule has 19 heavy (non-hydrogen) atoms. The number of urea groups is 1. The van der Waals surface area contributed by atoms with Gasteiger partial charge in [-0.15, -0.1) is 0 Å². The van der Waals surface area contributed by atoms with Crippen LogP contribution in [0.5, 0.6) is 0 Å². The quantitative estimate of drug-likeness (QED) is 0.747. The summed E-state index contributed by atoms with van der Waals surface area (Å²) in [5.74, 6) is 0. The minimum Gasteiger partial charge on any atom is -0.376 e. The lowest BCUT2D eigenvalue weighted by Crippen LogP contribution is -2.41. The molecule has 1 fully saturated rings. The van der Waals surface area contributed by atoms with Gasteiger partial charge in [0.15, 0.2) is 0 Å². The normalized spacial score (nSPS) is 18.9. The molecule has 1 saturated heterocycles. The van der Waals surface area contributed by atoms with Gasteiger partial charge in [-0.25, -0.2) is 4.79 Å². The molecule has 1 aliphatic rings. The van der Waals surface area contributed by atoms with Crippen molar-refractivity contribution in [3.05, 3.63) is 29.8 Å². The predicted molar refractivity (Wildman–Crippen MR) is 71.9 cm³/mol. The average molecular weight is 265 g/mol. The molecule has 1 atom stereocenters. The van der Waals surface area contributed by atoms with E-state index in [1.807, 2.05) is 24.3 Å². The van der Waals surface area contributed by atoms with Gasteiger partial charge >= 0.3 is 6.03 Å². The van der Waals surface area contributed by atoms with Gasteiger partial charge in [0, 0.05) is 18.8 Å². The van der Waals surface area contributed by atoms with Gasteiger partial charge < -0.3 is 25.8 Å². The molecule has 1 heterocycles. The van der Waals surface area contributed by atoms with Gasteiger partial charge in [0.1, 0.15) is 0 Å². The molecule has 104 valence electrons. The first-order chi connectivity index (χ1) is 9.28. The van der Waals surface area contributed by atoms with Crippen LogP contribution in [-0.2, 0) is 16.0 Å². The highest BCUT2D eigenvalue weighted by Crippen LogP contribution is 2.08. The molecule has 4 N–H and O–H groups in total. The summed E-state index contributed by atoms with van der Waals surface area (Å²) in [6.45, 7) is 2.65. The Labute approximate surface area is 112 Å². The van der Waals surface area contributed by atoms with Crippen molar-refractivity contribution in [2.45, 2.75) is 12.6 Å². The molecule has 2 rings (SSSR count). The zero-order valence-electron chi connectivity index (χ0n) is 10.7. The fourth-order valence-electron chi connectivity index (χ4n) is 1.76. The number of anilines is 1. The number of benzene rings is 1. The Balaban J connectivity index is 1.73. The molecular formula is C13H19N3O3. The standard InChI is InChI=1S/C13H19N3O3/c14-7-10-1-3-11(4-2-10)16-13(17)15-8-12-9-18-5-6-19-12/h1-4,12H,5-9,14H2,(H2,15,16,17). The summed E-state index contributed by atoms with van der Waals surface area (Å²) in [5.41, 5.74) is 7.26. The third-order valence-electron chi connectivity index (χ3n) is 2.82. The van der Waals surface area contributed by atoms with Crippen LogP contribution in [0.15, 0.2) is 24.3 Å². The lowest BCUT2D eigenvalue weighted by atomic mass is 10.2. The second kappa shape index (κ2) is 7.08. The van der Waals surface area contributed by atoms with E-state index in [0.29, 0.717) is 32.9 Å². The third kappa shape index (κ3) is 4.51. The fourth-order valence-corrected chi connectivity index (χ4v) is 1.76. The molecule has 0 aromatic heterocycles. The van der Waals surface area contributed by atoms with Crippen LogP contribution < -0.4 is 16.4 Å². The van der Waals surface area contributed by atoms with E-state index in [1.165, 1.54) is 0 Å². The Kier molecular flexibility index (Phi) is 5.14. The Morgan fingerprint density at radius 1 is 1.32 bits per heavy atom. The number of amides is 2. The largest absolute Gasteiger partial charge is 0.376 e. The van der Waals surface area contributed by atoms with Gasteiger partial charge in [-0.1, -0.05) is 12.1 Å². The highest BCUT2D eigenvalue weighted by atomic mass is 16.6. The maximum absolute atomic E-state index is 11.7. The molecule has 6 nitrogen and oxygen atoms in total. The first-order valence-electron chi connectivity index (χ1n) is 6.31. The number of nitrogens with two attached hydrogens (primary N) is 1. The summed E-state index contributed by atoms with van der Waals surface area (Å²) in [7, 11) is 0. The number of carbonyl (C=O) groups excluding carboxylic acids is 1. The maximum Gasteiger partial charge on any atom is 0.319 e.